The van der Waals surface area contributed by atoms with Gasteiger partial charge < -0.3 is 10.0 Å². The molecule has 6 nitrogen and oxygen atoms in total. The number of rotatable bonds is 4. The van der Waals surface area contributed by atoms with Gasteiger partial charge in [-0.15, -0.1) is 0 Å². The van der Waals surface area contributed by atoms with Gasteiger partial charge in [0, 0.05) is 45.3 Å². The lowest BCUT2D eigenvalue weighted by Crippen LogP contribution is -2.50. The van der Waals surface area contributed by atoms with Crippen LogP contribution < -0.4 is 0 Å². The molecule has 0 spiro atoms. The van der Waals surface area contributed by atoms with Crippen molar-refractivity contribution < 1.29 is 9.90 Å². The number of nitrogens with zero attached hydrogens (tertiary/aromatic N) is 4. The van der Waals surface area contributed by atoms with Crippen LogP contribution in [-0.4, -0.2) is 62.9 Å². The maximum absolute atomic E-state index is 11.8. The van der Waals surface area contributed by atoms with Crippen LogP contribution in [0.5, 0.6) is 0 Å². The lowest BCUT2D eigenvalue weighted by atomic mass is 10.1. The summed E-state index contributed by atoms with van der Waals surface area (Å²) < 4.78 is 1.72. The molecular formula is C15H25ClN4O2. The molecule has 7 heteroatoms. The molecule has 1 aromatic rings. The maximum atomic E-state index is 11.8. The summed E-state index contributed by atoms with van der Waals surface area (Å²) in [4.78, 5) is 15.8. The molecule has 1 N–H and O–H groups in total. The molecule has 1 amide bonds. The quantitative estimate of drug-likeness (QED) is 0.903. The summed E-state index contributed by atoms with van der Waals surface area (Å²) >= 11 is 6.37. The third-order valence-electron chi connectivity index (χ3n) is 4.07. The third-order valence-corrected chi connectivity index (χ3v) is 4.54. The second-order valence-corrected chi connectivity index (χ2v) is 6.57. The van der Waals surface area contributed by atoms with Crippen molar-refractivity contribution in [2.45, 2.75) is 39.3 Å². The monoisotopic (exact) mass is 328 g/mol. The fourth-order valence-electron chi connectivity index (χ4n) is 2.79. The van der Waals surface area contributed by atoms with Gasteiger partial charge in [0.25, 0.3) is 5.91 Å². The molecule has 0 bridgehead atoms. The van der Waals surface area contributed by atoms with Crippen LogP contribution in [0.4, 0.5) is 0 Å². The van der Waals surface area contributed by atoms with Crippen LogP contribution in [0, 0.1) is 0 Å². The van der Waals surface area contributed by atoms with Crippen molar-refractivity contribution in [2.24, 2.45) is 7.05 Å². The highest BCUT2D eigenvalue weighted by Gasteiger charge is 2.26. The zero-order chi connectivity index (χ0) is 16.4. The minimum absolute atomic E-state index is 0.193. The zero-order valence-electron chi connectivity index (χ0n) is 13.7. The van der Waals surface area contributed by atoms with E-state index in [1.54, 1.807) is 9.58 Å². The van der Waals surface area contributed by atoms with E-state index in [0.717, 1.165) is 30.9 Å². The number of aliphatic hydroxyl groups excluding tert-OH is 1. The molecule has 0 aliphatic carbocycles. The predicted molar refractivity (Wildman–Crippen MR) is 85.8 cm³/mol. The van der Waals surface area contributed by atoms with E-state index < -0.39 is 6.10 Å². The fraction of sp³-hybridized carbons (Fsp3) is 0.733. The van der Waals surface area contributed by atoms with E-state index in [1.165, 1.54) is 6.92 Å². The largest absolute Gasteiger partial charge is 0.384 e. The van der Waals surface area contributed by atoms with Gasteiger partial charge in [-0.2, -0.15) is 5.10 Å². The first-order valence-corrected chi connectivity index (χ1v) is 8.09. The van der Waals surface area contributed by atoms with Crippen molar-refractivity contribution in [3.05, 3.63) is 16.4 Å². The first-order valence-electron chi connectivity index (χ1n) is 7.71. The van der Waals surface area contributed by atoms with Crippen LogP contribution in [0.2, 0.25) is 5.15 Å². The molecule has 0 saturated carbocycles. The molecule has 1 aliphatic heterocycles. The van der Waals surface area contributed by atoms with E-state index in [-0.39, 0.29) is 5.91 Å². The Balaban J connectivity index is 2.01. The van der Waals surface area contributed by atoms with E-state index in [0.29, 0.717) is 24.2 Å². The van der Waals surface area contributed by atoms with E-state index in [4.69, 9.17) is 11.6 Å². The number of aliphatic hydroxyl groups is 1. The molecule has 2 heterocycles. The molecule has 1 atom stereocenters. The summed E-state index contributed by atoms with van der Waals surface area (Å²) in [6.07, 6.45) is -0.924. The maximum Gasteiger partial charge on any atom is 0.251 e. The Bertz CT molecular complexity index is 534. The van der Waals surface area contributed by atoms with Gasteiger partial charge in [-0.1, -0.05) is 25.4 Å². The van der Waals surface area contributed by atoms with Crippen molar-refractivity contribution in [1.29, 1.82) is 0 Å². The number of piperazine rings is 1. The molecule has 22 heavy (non-hydrogen) atoms. The number of carbonyl (C=O) groups excluding carboxylic acids is 1. The van der Waals surface area contributed by atoms with Crippen molar-refractivity contribution in [3.63, 3.8) is 0 Å². The standard InChI is InChI=1S/C15H25ClN4O2/c1-10(2)13-12(14(16)18(4)17-13)9-19-5-7-20(8-6-19)15(22)11(3)21/h10-11,21H,5-9H2,1-4H3. The molecule has 1 aliphatic rings. The van der Waals surface area contributed by atoms with Crippen LogP contribution in [-0.2, 0) is 18.4 Å². The number of aryl methyl sites for hydroxylation is 1. The Morgan fingerprint density at radius 3 is 2.36 bits per heavy atom. The molecule has 0 radical (unpaired) electrons. The normalized spacial score (nSPS) is 18.0. The minimum Gasteiger partial charge on any atom is -0.384 e. The summed E-state index contributed by atoms with van der Waals surface area (Å²) in [6, 6.07) is 0. The summed E-state index contributed by atoms with van der Waals surface area (Å²) in [5, 5.41) is 14.6. The van der Waals surface area contributed by atoms with Crippen LogP contribution >= 0.6 is 11.6 Å². The number of amides is 1. The fourth-order valence-corrected chi connectivity index (χ4v) is 2.99. The third kappa shape index (κ3) is 3.62. The van der Waals surface area contributed by atoms with Crippen LogP contribution in [0.1, 0.15) is 37.9 Å². The Morgan fingerprint density at radius 1 is 1.27 bits per heavy atom. The van der Waals surface area contributed by atoms with Gasteiger partial charge in [-0.3, -0.25) is 14.4 Å². The topological polar surface area (TPSA) is 61.6 Å². The molecule has 1 saturated heterocycles. The molecular weight excluding hydrogens is 304 g/mol. The second kappa shape index (κ2) is 6.98. The Labute approximate surface area is 136 Å². The molecule has 2 rings (SSSR count). The van der Waals surface area contributed by atoms with Crippen LogP contribution in [0.3, 0.4) is 0 Å². The lowest BCUT2D eigenvalue weighted by molar-refractivity contribution is -0.141. The van der Waals surface area contributed by atoms with Gasteiger partial charge in [-0.25, -0.2) is 0 Å². The average Bonchev–Trinajstić information content (AvgIpc) is 2.75. The van der Waals surface area contributed by atoms with E-state index in [9.17, 15) is 9.90 Å². The average molecular weight is 329 g/mol. The Kier molecular flexibility index (Phi) is 5.47. The molecule has 0 aromatic carbocycles. The highest BCUT2D eigenvalue weighted by atomic mass is 35.5. The zero-order valence-corrected chi connectivity index (χ0v) is 14.5. The lowest BCUT2D eigenvalue weighted by Gasteiger charge is -2.35. The van der Waals surface area contributed by atoms with Crippen LogP contribution in [0.15, 0.2) is 0 Å². The van der Waals surface area contributed by atoms with E-state index >= 15 is 0 Å². The molecule has 1 unspecified atom stereocenters. The van der Waals surface area contributed by atoms with Crippen molar-refractivity contribution in [2.75, 3.05) is 26.2 Å². The van der Waals surface area contributed by atoms with Gasteiger partial charge in [0.05, 0.1) is 5.69 Å². The van der Waals surface area contributed by atoms with Crippen molar-refractivity contribution in [3.8, 4) is 0 Å². The van der Waals surface area contributed by atoms with Gasteiger partial charge >= 0.3 is 0 Å². The SMILES string of the molecule is CC(O)C(=O)N1CCN(Cc2c(C(C)C)nn(C)c2Cl)CC1. The van der Waals surface area contributed by atoms with Gasteiger partial charge in [0.1, 0.15) is 11.3 Å². The number of aromatic nitrogens is 2. The number of halogens is 1. The van der Waals surface area contributed by atoms with Gasteiger partial charge in [0.15, 0.2) is 0 Å². The summed E-state index contributed by atoms with van der Waals surface area (Å²) in [7, 11) is 1.86. The predicted octanol–water partition coefficient (Wildman–Crippen LogP) is 1.22. The second-order valence-electron chi connectivity index (χ2n) is 6.21. The van der Waals surface area contributed by atoms with E-state index in [2.05, 4.69) is 23.8 Å². The Hall–Kier alpha value is -1.11. The summed E-state index contributed by atoms with van der Waals surface area (Å²) in [5.74, 6) is 0.133. The summed E-state index contributed by atoms with van der Waals surface area (Å²) in [6.45, 7) is 9.32. The Morgan fingerprint density at radius 2 is 1.86 bits per heavy atom. The van der Waals surface area contributed by atoms with Crippen molar-refractivity contribution in [1.82, 2.24) is 19.6 Å². The first-order chi connectivity index (χ1) is 10.3. The van der Waals surface area contributed by atoms with E-state index in [1.807, 2.05) is 7.05 Å². The smallest absolute Gasteiger partial charge is 0.251 e. The number of carbonyl (C=O) groups is 1. The first kappa shape index (κ1) is 17.2. The highest BCUT2D eigenvalue weighted by Crippen LogP contribution is 2.26. The number of hydrogen-bond acceptors (Lipinski definition) is 4. The number of hydrogen-bond donors (Lipinski definition) is 1. The van der Waals surface area contributed by atoms with Gasteiger partial charge in [0.2, 0.25) is 0 Å². The van der Waals surface area contributed by atoms with Gasteiger partial charge in [-0.05, 0) is 12.8 Å². The molecule has 124 valence electrons. The highest BCUT2D eigenvalue weighted by molar-refractivity contribution is 6.30. The van der Waals surface area contributed by atoms with Crippen LogP contribution in [0.25, 0.3) is 0 Å². The molecule has 1 fully saturated rings. The van der Waals surface area contributed by atoms with Crippen molar-refractivity contribution >= 4 is 17.5 Å². The summed E-state index contributed by atoms with van der Waals surface area (Å²) in [5.41, 5.74) is 2.12. The minimum atomic E-state index is -0.924. The molecule has 1 aromatic heterocycles.